The molecule has 102 valence electrons. The van der Waals surface area contributed by atoms with E-state index in [1.165, 1.54) is 0 Å². The van der Waals surface area contributed by atoms with Crippen LogP contribution in [0.3, 0.4) is 0 Å². The molecule has 0 aromatic heterocycles. The van der Waals surface area contributed by atoms with Crippen LogP contribution in [0.2, 0.25) is 0 Å². The minimum Gasteiger partial charge on any atom is -0.660 e. The van der Waals surface area contributed by atoms with Crippen molar-refractivity contribution in [2.45, 2.75) is 0 Å². The zero-order valence-corrected chi connectivity index (χ0v) is 13.6. The summed E-state index contributed by atoms with van der Waals surface area (Å²) in [6, 6.07) is 12.5. The summed E-state index contributed by atoms with van der Waals surface area (Å²) >= 11 is 0. The second-order valence-electron chi connectivity index (χ2n) is 3.25. The Hall–Kier alpha value is 0.394. The van der Waals surface area contributed by atoms with E-state index in [2.05, 4.69) is 22.0 Å². The van der Waals surface area contributed by atoms with Gasteiger partial charge in [-0.05, 0) is 13.1 Å². The summed E-state index contributed by atoms with van der Waals surface area (Å²) in [5.74, 6) is 0. The van der Waals surface area contributed by atoms with Gasteiger partial charge in [0.05, 0.1) is 0 Å². The minimum atomic E-state index is 0. The number of halogens is 2. The Morgan fingerprint density at radius 1 is 0.778 bits per heavy atom. The molecule has 0 aliphatic carbocycles. The molecule has 1 saturated heterocycles. The summed E-state index contributed by atoms with van der Waals surface area (Å²) in [7, 11) is 0. The van der Waals surface area contributed by atoms with E-state index in [4.69, 9.17) is 0 Å². The fraction of sp³-hybridized carbons (Fsp3) is 0.500. The Kier molecular flexibility index (Phi) is 25.7. The Morgan fingerprint density at radius 2 is 1.28 bits per heavy atom. The van der Waals surface area contributed by atoms with Crippen LogP contribution in [0.5, 0.6) is 0 Å². The molecule has 1 aromatic rings. The quantitative estimate of drug-likeness (QED) is 0.564. The number of nitrogens with zero attached hydrogens (tertiary/aromatic N) is 1. The van der Waals surface area contributed by atoms with Crippen LogP contribution in [0, 0.1) is 6.07 Å². The van der Waals surface area contributed by atoms with E-state index in [1.54, 1.807) is 0 Å². The first-order chi connectivity index (χ1) is 7.50. The molecule has 0 saturated carbocycles. The molecule has 0 amide bonds. The zero-order chi connectivity index (χ0) is 10.6. The maximum absolute atomic E-state index is 4.27. The van der Waals surface area contributed by atoms with Crippen molar-refractivity contribution in [1.82, 2.24) is 10.6 Å². The van der Waals surface area contributed by atoms with Gasteiger partial charge in [-0.2, -0.15) is 36.4 Å². The second-order valence-corrected chi connectivity index (χ2v) is 3.25. The van der Waals surface area contributed by atoms with Crippen molar-refractivity contribution < 1.29 is 21.7 Å². The predicted octanol–water partition coefficient (Wildman–Crippen LogP) is 1.88. The van der Waals surface area contributed by atoms with Gasteiger partial charge in [0.1, 0.15) is 0 Å². The summed E-state index contributed by atoms with van der Waals surface area (Å²) in [6.45, 7) is 6.19. The van der Waals surface area contributed by atoms with Crippen molar-refractivity contribution in [3.63, 3.8) is 0 Å². The van der Waals surface area contributed by atoms with E-state index in [0.29, 0.717) is 0 Å². The van der Waals surface area contributed by atoms with Gasteiger partial charge in [-0.25, -0.2) is 0 Å². The van der Waals surface area contributed by atoms with Gasteiger partial charge < -0.3 is 16.0 Å². The van der Waals surface area contributed by atoms with Crippen molar-refractivity contribution in [3.8, 4) is 0 Å². The molecule has 2 rings (SSSR count). The fourth-order valence-corrected chi connectivity index (χ4v) is 1.20. The molecule has 1 fully saturated rings. The largest absolute Gasteiger partial charge is 2.00 e. The summed E-state index contributed by atoms with van der Waals surface area (Å²) in [4.78, 5) is 0. The molecule has 6 heteroatoms. The van der Waals surface area contributed by atoms with Crippen molar-refractivity contribution in [2.75, 3.05) is 39.3 Å². The van der Waals surface area contributed by atoms with Gasteiger partial charge in [0.15, 0.2) is 0 Å². The minimum absolute atomic E-state index is 0. The summed E-state index contributed by atoms with van der Waals surface area (Å²) < 4.78 is 0. The van der Waals surface area contributed by atoms with Crippen LogP contribution in [0.15, 0.2) is 30.3 Å². The maximum atomic E-state index is 4.27. The number of hydrogen-bond acceptors (Lipinski definition) is 2. The zero-order valence-electron chi connectivity index (χ0n) is 10.4. The van der Waals surface area contributed by atoms with E-state index in [1.807, 2.05) is 30.3 Å². The molecule has 18 heavy (non-hydrogen) atoms. The number of rotatable bonds is 0. The molecule has 0 bridgehead atoms. The number of nitrogens with one attached hydrogen (secondary N) is 2. The molecule has 3 nitrogen and oxygen atoms in total. The van der Waals surface area contributed by atoms with Gasteiger partial charge in [-0.1, -0.05) is 0 Å². The molecular weight excluding hydrogens is 305 g/mol. The maximum Gasteiger partial charge on any atom is 2.00 e. The second kappa shape index (κ2) is 19.7. The Labute approximate surface area is 138 Å². The van der Waals surface area contributed by atoms with Crippen molar-refractivity contribution in [2.24, 2.45) is 0 Å². The van der Waals surface area contributed by atoms with Gasteiger partial charge in [0.25, 0.3) is 0 Å². The van der Waals surface area contributed by atoms with Gasteiger partial charge >= 0.3 is 21.7 Å². The predicted molar refractivity (Wildman–Crippen MR) is 78.6 cm³/mol. The molecule has 1 heterocycles. The van der Waals surface area contributed by atoms with Crippen LogP contribution in [-0.4, -0.2) is 39.3 Å². The SMILES string of the molecule is C1CNCCNCC[N-]1.Cl.Cl.[Ti+2].[c-]1ccccc1. The third-order valence-corrected chi connectivity index (χ3v) is 1.98. The van der Waals surface area contributed by atoms with Gasteiger partial charge in [-0.15, -0.1) is 37.9 Å². The molecule has 0 atom stereocenters. The van der Waals surface area contributed by atoms with Crippen LogP contribution >= 0.6 is 24.8 Å². The number of benzene rings is 1. The molecule has 0 radical (unpaired) electrons. The monoisotopic (exact) mass is 325 g/mol. The topological polar surface area (TPSA) is 38.2 Å². The van der Waals surface area contributed by atoms with E-state index in [0.717, 1.165) is 39.3 Å². The molecule has 1 aromatic carbocycles. The third-order valence-electron chi connectivity index (χ3n) is 1.98. The summed E-state index contributed by atoms with van der Waals surface area (Å²) in [6.07, 6.45) is 0. The number of hydrogen-bond donors (Lipinski definition) is 2. The van der Waals surface area contributed by atoms with Crippen LogP contribution in [0.1, 0.15) is 0 Å². The van der Waals surface area contributed by atoms with E-state index < -0.39 is 0 Å². The summed E-state index contributed by atoms with van der Waals surface area (Å²) in [5, 5.41) is 10.8. The Bertz CT molecular complexity index is 173. The Balaban J connectivity index is -0.000000225. The first-order valence-corrected chi connectivity index (χ1v) is 5.46. The van der Waals surface area contributed by atoms with Crippen LogP contribution in [0.25, 0.3) is 5.32 Å². The molecular formula is C12H21Cl2N3Ti. The first-order valence-electron chi connectivity index (χ1n) is 5.46. The standard InChI is InChI=1S/C6H14N3.C6H5.2ClH.Ti/c1-2-8-5-6-9-4-3-7-1;1-2-4-6-5-3-1;;;/h7-8H,1-6H2;1-5H;2*1H;/q2*-1;;;+2. The van der Waals surface area contributed by atoms with Crippen molar-refractivity contribution in [1.29, 1.82) is 0 Å². The molecule has 1 aliphatic heterocycles. The average Bonchev–Trinajstić information content (AvgIpc) is 2.47. The average molecular weight is 326 g/mol. The molecule has 1 aliphatic rings. The van der Waals surface area contributed by atoms with Crippen LogP contribution in [0.4, 0.5) is 0 Å². The van der Waals surface area contributed by atoms with E-state index in [-0.39, 0.29) is 46.5 Å². The van der Waals surface area contributed by atoms with Crippen LogP contribution < -0.4 is 10.6 Å². The van der Waals surface area contributed by atoms with Crippen LogP contribution in [-0.2, 0) is 21.7 Å². The van der Waals surface area contributed by atoms with E-state index >= 15 is 0 Å². The summed E-state index contributed by atoms with van der Waals surface area (Å²) in [5.41, 5.74) is 0. The van der Waals surface area contributed by atoms with Gasteiger partial charge in [0, 0.05) is 13.1 Å². The van der Waals surface area contributed by atoms with Crippen molar-refractivity contribution in [3.05, 3.63) is 41.7 Å². The molecule has 0 unspecified atom stereocenters. The normalized spacial score (nSPS) is 14.7. The first kappa shape index (κ1) is 23.5. The van der Waals surface area contributed by atoms with Gasteiger partial charge in [-0.3, -0.25) is 0 Å². The smallest absolute Gasteiger partial charge is 0.660 e. The fourth-order valence-electron chi connectivity index (χ4n) is 1.20. The molecule has 2 N–H and O–H groups in total. The van der Waals surface area contributed by atoms with Gasteiger partial charge in [0.2, 0.25) is 0 Å². The van der Waals surface area contributed by atoms with E-state index in [9.17, 15) is 0 Å². The van der Waals surface area contributed by atoms with Crippen molar-refractivity contribution >= 4 is 24.8 Å². The Morgan fingerprint density at radius 3 is 1.61 bits per heavy atom. The third kappa shape index (κ3) is 16.4. The molecule has 0 spiro atoms.